The number of aryl methyl sites for hydroxylation is 2. The molecule has 3 rings (SSSR count). The molecule has 1 aliphatic heterocycles. The Morgan fingerprint density at radius 2 is 2.04 bits per heavy atom. The molecule has 2 N–H and O–H groups in total. The van der Waals surface area contributed by atoms with Gasteiger partial charge in [-0.1, -0.05) is 17.7 Å². The standard InChI is InChI=1S/C17H21ClN4O/c1-11-5-6-13(8-15(11)18)22-17-9-16(20-12(2)21-17)19-10-14-4-3-7-23-14/h5-6,8-9,14H,3-4,7,10H2,1-2H3,(H2,19,20,21,22). The third-order valence-corrected chi connectivity index (χ3v) is 4.22. The highest BCUT2D eigenvalue weighted by Crippen LogP contribution is 2.23. The third kappa shape index (κ3) is 4.33. The SMILES string of the molecule is Cc1nc(NCC2CCCO2)cc(Nc2ccc(C)c(Cl)c2)n1. The van der Waals surface area contributed by atoms with Gasteiger partial charge in [0.05, 0.1) is 6.10 Å². The summed E-state index contributed by atoms with van der Waals surface area (Å²) in [7, 11) is 0. The van der Waals surface area contributed by atoms with Crippen LogP contribution in [0, 0.1) is 13.8 Å². The molecule has 1 saturated heterocycles. The summed E-state index contributed by atoms with van der Waals surface area (Å²) < 4.78 is 5.62. The van der Waals surface area contributed by atoms with Crippen LogP contribution < -0.4 is 10.6 Å². The second-order valence-corrected chi connectivity index (χ2v) is 6.20. The van der Waals surface area contributed by atoms with Crippen LogP contribution in [0.4, 0.5) is 17.3 Å². The first-order valence-electron chi connectivity index (χ1n) is 7.84. The van der Waals surface area contributed by atoms with Gasteiger partial charge in [0.1, 0.15) is 17.5 Å². The molecular weight excluding hydrogens is 312 g/mol. The van der Waals surface area contributed by atoms with Crippen molar-refractivity contribution >= 4 is 28.9 Å². The molecule has 122 valence electrons. The van der Waals surface area contributed by atoms with Crippen molar-refractivity contribution < 1.29 is 4.74 Å². The van der Waals surface area contributed by atoms with E-state index >= 15 is 0 Å². The molecule has 5 nitrogen and oxygen atoms in total. The Balaban J connectivity index is 1.70. The van der Waals surface area contributed by atoms with Gasteiger partial charge in [-0.05, 0) is 44.4 Å². The highest BCUT2D eigenvalue weighted by molar-refractivity contribution is 6.31. The van der Waals surface area contributed by atoms with Gasteiger partial charge in [-0.15, -0.1) is 0 Å². The summed E-state index contributed by atoms with van der Waals surface area (Å²) in [6.45, 7) is 5.49. The molecule has 1 aromatic carbocycles. The fourth-order valence-electron chi connectivity index (χ4n) is 2.56. The maximum absolute atomic E-state index is 6.17. The van der Waals surface area contributed by atoms with E-state index in [0.717, 1.165) is 53.9 Å². The lowest BCUT2D eigenvalue weighted by Crippen LogP contribution is -2.19. The van der Waals surface area contributed by atoms with Crippen molar-refractivity contribution in [3.63, 3.8) is 0 Å². The normalized spacial score (nSPS) is 17.3. The first-order valence-corrected chi connectivity index (χ1v) is 8.22. The van der Waals surface area contributed by atoms with Crippen LogP contribution in [-0.4, -0.2) is 29.2 Å². The lowest BCUT2D eigenvalue weighted by Gasteiger charge is -2.13. The molecule has 0 radical (unpaired) electrons. The number of ether oxygens (including phenoxy) is 1. The fraction of sp³-hybridized carbons (Fsp3) is 0.412. The predicted molar refractivity (Wildman–Crippen MR) is 93.7 cm³/mol. The molecule has 0 saturated carbocycles. The summed E-state index contributed by atoms with van der Waals surface area (Å²) in [6, 6.07) is 7.76. The average molecular weight is 333 g/mol. The predicted octanol–water partition coefficient (Wildman–Crippen LogP) is 4.08. The van der Waals surface area contributed by atoms with Crippen LogP contribution in [0.25, 0.3) is 0 Å². The quantitative estimate of drug-likeness (QED) is 0.864. The van der Waals surface area contributed by atoms with Crippen LogP contribution in [0.5, 0.6) is 0 Å². The van der Waals surface area contributed by atoms with E-state index in [2.05, 4.69) is 20.6 Å². The minimum atomic E-state index is 0.276. The number of hydrogen-bond acceptors (Lipinski definition) is 5. The Morgan fingerprint density at radius 3 is 2.78 bits per heavy atom. The van der Waals surface area contributed by atoms with Crippen LogP contribution in [0.1, 0.15) is 24.2 Å². The number of hydrogen-bond donors (Lipinski definition) is 2. The zero-order valence-electron chi connectivity index (χ0n) is 13.4. The van der Waals surface area contributed by atoms with E-state index in [9.17, 15) is 0 Å². The first kappa shape index (κ1) is 16.0. The minimum Gasteiger partial charge on any atom is -0.376 e. The molecule has 1 aromatic heterocycles. The van der Waals surface area contributed by atoms with Crippen LogP contribution >= 0.6 is 11.6 Å². The van der Waals surface area contributed by atoms with E-state index < -0.39 is 0 Å². The number of halogens is 1. The monoisotopic (exact) mass is 332 g/mol. The molecule has 23 heavy (non-hydrogen) atoms. The zero-order valence-corrected chi connectivity index (χ0v) is 14.2. The summed E-state index contributed by atoms with van der Waals surface area (Å²) in [5.74, 6) is 2.25. The van der Waals surface area contributed by atoms with Crippen molar-refractivity contribution in [3.8, 4) is 0 Å². The molecule has 1 atom stereocenters. The van der Waals surface area contributed by atoms with Crippen molar-refractivity contribution in [2.24, 2.45) is 0 Å². The fourth-order valence-corrected chi connectivity index (χ4v) is 2.75. The third-order valence-electron chi connectivity index (χ3n) is 3.82. The highest BCUT2D eigenvalue weighted by atomic mass is 35.5. The number of nitrogens with one attached hydrogen (secondary N) is 2. The maximum Gasteiger partial charge on any atom is 0.136 e. The van der Waals surface area contributed by atoms with Gasteiger partial charge >= 0.3 is 0 Å². The number of benzene rings is 1. The maximum atomic E-state index is 6.17. The number of anilines is 3. The molecule has 0 spiro atoms. The molecule has 1 fully saturated rings. The summed E-state index contributed by atoms with van der Waals surface area (Å²) in [4.78, 5) is 8.85. The van der Waals surface area contributed by atoms with E-state index in [1.54, 1.807) is 0 Å². The molecular formula is C17H21ClN4O. The van der Waals surface area contributed by atoms with Gasteiger partial charge in [0.25, 0.3) is 0 Å². The topological polar surface area (TPSA) is 59.1 Å². The van der Waals surface area contributed by atoms with Crippen molar-refractivity contribution in [2.45, 2.75) is 32.8 Å². The lowest BCUT2D eigenvalue weighted by molar-refractivity contribution is 0.120. The van der Waals surface area contributed by atoms with Gasteiger partial charge in [-0.2, -0.15) is 0 Å². The van der Waals surface area contributed by atoms with E-state index in [1.165, 1.54) is 0 Å². The Bertz CT molecular complexity index is 686. The van der Waals surface area contributed by atoms with Gasteiger partial charge in [0.15, 0.2) is 0 Å². The van der Waals surface area contributed by atoms with Crippen LogP contribution in [-0.2, 0) is 4.74 Å². The molecule has 0 bridgehead atoms. The number of aromatic nitrogens is 2. The Hall–Kier alpha value is -1.85. The molecule has 1 aliphatic rings. The summed E-state index contributed by atoms with van der Waals surface area (Å²) in [5, 5.41) is 7.34. The smallest absolute Gasteiger partial charge is 0.136 e. The molecule has 2 aromatic rings. The number of nitrogens with zero attached hydrogens (tertiary/aromatic N) is 2. The molecule has 2 heterocycles. The average Bonchev–Trinajstić information content (AvgIpc) is 3.02. The van der Waals surface area contributed by atoms with Gasteiger partial charge < -0.3 is 15.4 Å². The molecule has 0 amide bonds. The van der Waals surface area contributed by atoms with Gasteiger partial charge in [-0.3, -0.25) is 0 Å². The summed E-state index contributed by atoms with van der Waals surface area (Å²) in [5.41, 5.74) is 1.96. The molecule has 1 unspecified atom stereocenters. The highest BCUT2D eigenvalue weighted by Gasteiger charge is 2.15. The number of rotatable bonds is 5. The second kappa shape index (κ2) is 7.15. The Kier molecular flexibility index (Phi) is 4.98. The second-order valence-electron chi connectivity index (χ2n) is 5.79. The molecule has 6 heteroatoms. The van der Waals surface area contributed by atoms with Gasteiger partial charge in [0, 0.05) is 29.9 Å². The van der Waals surface area contributed by atoms with Crippen molar-refractivity contribution in [3.05, 3.63) is 40.7 Å². The first-order chi connectivity index (χ1) is 11.1. The van der Waals surface area contributed by atoms with Crippen molar-refractivity contribution in [1.29, 1.82) is 0 Å². The van der Waals surface area contributed by atoms with Crippen LogP contribution in [0.2, 0.25) is 5.02 Å². The summed E-state index contributed by atoms with van der Waals surface area (Å²) in [6.07, 6.45) is 2.51. The van der Waals surface area contributed by atoms with Crippen molar-refractivity contribution in [2.75, 3.05) is 23.8 Å². The lowest BCUT2D eigenvalue weighted by atomic mass is 10.2. The largest absolute Gasteiger partial charge is 0.376 e. The van der Waals surface area contributed by atoms with E-state index in [4.69, 9.17) is 16.3 Å². The van der Waals surface area contributed by atoms with Crippen LogP contribution in [0.3, 0.4) is 0 Å². The van der Waals surface area contributed by atoms with E-state index in [0.29, 0.717) is 5.82 Å². The summed E-state index contributed by atoms with van der Waals surface area (Å²) >= 11 is 6.17. The Morgan fingerprint density at radius 1 is 1.22 bits per heavy atom. The minimum absolute atomic E-state index is 0.276. The van der Waals surface area contributed by atoms with E-state index in [1.807, 2.05) is 38.1 Å². The van der Waals surface area contributed by atoms with E-state index in [-0.39, 0.29) is 6.10 Å². The van der Waals surface area contributed by atoms with Gasteiger partial charge in [0.2, 0.25) is 0 Å². The van der Waals surface area contributed by atoms with Crippen LogP contribution in [0.15, 0.2) is 24.3 Å². The van der Waals surface area contributed by atoms with Gasteiger partial charge in [-0.25, -0.2) is 9.97 Å². The Labute approximate surface area is 141 Å². The zero-order chi connectivity index (χ0) is 16.2. The van der Waals surface area contributed by atoms with Crippen molar-refractivity contribution in [1.82, 2.24) is 9.97 Å². The molecule has 0 aliphatic carbocycles.